The molecule has 0 saturated carbocycles. The summed E-state index contributed by atoms with van der Waals surface area (Å²) in [5, 5.41) is 0. The van der Waals surface area contributed by atoms with Gasteiger partial charge in [0.1, 0.15) is 5.82 Å². The molecule has 1 heterocycles. The van der Waals surface area contributed by atoms with E-state index in [1.54, 1.807) is 19.1 Å². The minimum Gasteiger partial charge on any atom is -0.399 e. The molecule has 114 valence electrons. The van der Waals surface area contributed by atoms with Crippen molar-refractivity contribution in [3.8, 4) is 0 Å². The van der Waals surface area contributed by atoms with Crippen molar-refractivity contribution in [1.82, 2.24) is 0 Å². The monoisotopic (exact) mass is 293 g/mol. The topological polar surface area (TPSA) is 61.6 Å². The Balaban J connectivity index is 2.28. The first-order valence-electron chi connectivity index (χ1n) is 6.99. The Kier molecular flexibility index (Phi) is 3.89. The third kappa shape index (κ3) is 2.83. The number of rotatable bonds is 3. The van der Waals surface area contributed by atoms with Crippen LogP contribution in [0, 0.1) is 5.82 Å². The van der Waals surface area contributed by atoms with Crippen molar-refractivity contribution in [3.05, 3.63) is 29.6 Å². The zero-order valence-electron chi connectivity index (χ0n) is 13.1. The zero-order valence-corrected chi connectivity index (χ0v) is 13.1. The van der Waals surface area contributed by atoms with Crippen molar-refractivity contribution < 1.29 is 18.5 Å². The summed E-state index contributed by atoms with van der Waals surface area (Å²) >= 11 is 0. The number of carbonyl (C=O) groups excluding carboxylic acids is 1. The summed E-state index contributed by atoms with van der Waals surface area (Å²) < 4.78 is 25.9. The van der Waals surface area contributed by atoms with Gasteiger partial charge in [-0.25, -0.2) is 4.39 Å². The predicted molar refractivity (Wildman–Crippen MR) is 79.7 cm³/mol. The van der Waals surface area contributed by atoms with Crippen LogP contribution in [0.3, 0.4) is 0 Å². The van der Waals surface area contributed by atoms with Crippen LogP contribution in [-0.2, 0) is 14.1 Å². The lowest BCUT2D eigenvalue weighted by Gasteiger charge is -2.32. The lowest BCUT2D eigenvalue weighted by molar-refractivity contribution is -0.119. The van der Waals surface area contributed by atoms with E-state index >= 15 is 0 Å². The molecule has 0 aromatic heterocycles. The van der Waals surface area contributed by atoms with Crippen LogP contribution in [0.2, 0.25) is 0 Å². The number of primary amides is 1. The van der Waals surface area contributed by atoms with Crippen LogP contribution in [0.4, 0.5) is 4.39 Å². The van der Waals surface area contributed by atoms with Gasteiger partial charge < -0.3 is 15.0 Å². The summed E-state index contributed by atoms with van der Waals surface area (Å²) in [6.45, 7) is 9.33. The van der Waals surface area contributed by atoms with Crippen molar-refractivity contribution >= 4 is 18.5 Å². The van der Waals surface area contributed by atoms with Gasteiger partial charge in [-0.2, -0.15) is 0 Å². The minimum atomic E-state index is -0.669. The SMILES string of the molecule is CC(C(N)=O)c1ccc(B2OC(C)(C)C(C)(C)O2)cc1F. The van der Waals surface area contributed by atoms with Gasteiger partial charge in [0.25, 0.3) is 0 Å². The van der Waals surface area contributed by atoms with E-state index in [1.807, 2.05) is 27.7 Å². The van der Waals surface area contributed by atoms with Gasteiger partial charge in [0.2, 0.25) is 5.91 Å². The summed E-state index contributed by atoms with van der Waals surface area (Å²) in [6, 6.07) is 4.61. The van der Waals surface area contributed by atoms with Crippen molar-refractivity contribution in [2.24, 2.45) is 5.73 Å². The second-order valence-corrected chi connectivity index (χ2v) is 6.49. The van der Waals surface area contributed by atoms with Crippen LogP contribution < -0.4 is 11.2 Å². The molecule has 1 aromatic carbocycles. The average molecular weight is 293 g/mol. The number of halogens is 1. The van der Waals surface area contributed by atoms with Gasteiger partial charge in [-0.3, -0.25) is 4.79 Å². The fourth-order valence-corrected chi connectivity index (χ4v) is 2.17. The Morgan fingerprint density at radius 3 is 2.19 bits per heavy atom. The molecule has 6 heteroatoms. The molecule has 1 aromatic rings. The predicted octanol–water partition coefficient (Wildman–Crippen LogP) is 1.71. The van der Waals surface area contributed by atoms with Gasteiger partial charge in [0, 0.05) is 0 Å². The normalized spacial score (nSPS) is 21.3. The molecular weight excluding hydrogens is 272 g/mol. The highest BCUT2D eigenvalue weighted by molar-refractivity contribution is 6.62. The third-order valence-corrected chi connectivity index (χ3v) is 4.44. The Labute approximate surface area is 124 Å². The summed E-state index contributed by atoms with van der Waals surface area (Å²) in [7, 11) is -0.623. The number of nitrogens with two attached hydrogens (primary N) is 1. The maximum atomic E-state index is 14.2. The molecule has 1 saturated heterocycles. The van der Waals surface area contributed by atoms with Crippen molar-refractivity contribution in [1.29, 1.82) is 0 Å². The second-order valence-electron chi connectivity index (χ2n) is 6.49. The van der Waals surface area contributed by atoms with Crippen molar-refractivity contribution in [2.75, 3.05) is 0 Å². The van der Waals surface area contributed by atoms with Crippen LogP contribution in [-0.4, -0.2) is 24.2 Å². The van der Waals surface area contributed by atoms with Crippen molar-refractivity contribution in [2.45, 2.75) is 51.7 Å². The molecular formula is C15H21BFNO3. The number of hydrogen-bond donors (Lipinski definition) is 1. The van der Waals surface area contributed by atoms with Gasteiger partial charge in [0.15, 0.2) is 0 Å². The molecule has 0 aliphatic carbocycles. The largest absolute Gasteiger partial charge is 0.494 e. The molecule has 2 N–H and O–H groups in total. The molecule has 21 heavy (non-hydrogen) atoms. The summed E-state index contributed by atoms with van der Waals surface area (Å²) in [6.07, 6.45) is 0. The first kappa shape index (κ1) is 16.0. The molecule has 0 bridgehead atoms. The van der Waals surface area contributed by atoms with Crippen LogP contribution >= 0.6 is 0 Å². The molecule has 1 aliphatic rings. The van der Waals surface area contributed by atoms with E-state index in [0.29, 0.717) is 5.46 Å². The van der Waals surface area contributed by atoms with E-state index in [2.05, 4.69) is 0 Å². The summed E-state index contributed by atoms with van der Waals surface area (Å²) in [4.78, 5) is 11.2. The first-order valence-corrected chi connectivity index (χ1v) is 6.99. The highest BCUT2D eigenvalue weighted by atomic mass is 19.1. The standard InChI is InChI=1S/C15H21BFNO3/c1-9(13(18)19)11-7-6-10(8-12(11)17)16-20-14(2,3)15(4,5)21-16/h6-9H,1-5H3,(H2,18,19). The molecule has 0 spiro atoms. The second kappa shape index (κ2) is 5.11. The van der Waals surface area contributed by atoms with Crippen LogP contribution in [0.25, 0.3) is 0 Å². The van der Waals surface area contributed by atoms with E-state index < -0.39 is 36.0 Å². The van der Waals surface area contributed by atoms with Crippen molar-refractivity contribution in [3.63, 3.8) is 0 Å². The molecule has 1 fully saturated rings. The zero-order chi connectivity index (χ0) is 16.0. The number of hydrogen-bond acceptors (Lipinski definition) is 3. The van der Waals surface area contributed by atoms with E-state index in [-0.39, 0.29) is 5.56 Å². The van der Waals surface area contributed by atoms with E-state index in [4.69, 9.17) is 15.0 Å². The number of benzene rings is 1. The van der Waals surface area contributed by atoms with Crippen LogP contribution in [0.1, 0.15) is 46.1 Å². The fourth-order valence-electron chi connectivity index (χ4n) is 2.17. The fraction of sp³-hybridized carbons (Fsp3) is 0.533. The molecule has 1 unspecified atom stereocenters. The lowest BCUT2D eigenvalue weighted by Crippen LogP contribution is -2.41. The highest BCUT2D eigenvalue weighted by Gasteiger charge is 2.51. The van der Waals surface area contributed by atoms with E-state index in [0.717, 1.165) is 0 Å². The Morgan fingerprint density at radius 1 is 1.24 bits per heavy atom. The Hall–Kier alpha value is -1.40. The molecule has 2 rings (SSSR count). The Bertz CT molecular complexity index is 558. The van der Waals surface area contributed by atoms with Gasteiger partial charge in [0.05, 0.1) is 17.1 Å². The molecule has 1 atom stereocenters. The summed E-state index contributed by atoms with van der Waals surface area (Å²) in [5.41, 5.74) is 5.13. The lowest BCUT2D eigenvalue weighted by atomic mass is 9.78. The molecule has 0 radical (unpaired) electrons. The average Bonchev–Trinajstić information content (AvgIpc) is 2.57. The Morgan fingerprint density at radius 2 is 1.76 bits per heavy atom. The maximum absolute atomic E-state index is 14.2. The third-order valence-electron chi connectivity index (χ3n) is 4.44. The quantitative estimate of drug-likeness (QED) is 0.863. The maximum Gasteiger partial charge on any atom is 0.494 e. The number of carbonyl (C=O) groups is 1. The van der Waals surface area contributed by atoms with E-state index in [1.165, 1.54) is 6.07 Å². The minimum absolute atomic E-state index is 0.280. The smallest absolute Gasteiger partial charge is 0.399 e. The molecule has 1 amide bonds. The van der Waals surface area contributed by atoms with Gasteiger partial charge in [-0.15, -0.1) is 0 Å². The van der Waals surface area contributed by atoms with Gasteiger partial charge >= 0.3 is 7.12 Å². The molecule has 4 nitrogen and oxygen atoms in total. The summed E-state index contributed by atoms with van der Waals surface area (Å²) in [5.74, 6) is -1.71. The van der Waals surface area contributed by atoms with Gasteiger partial charge in [-0.05, 0) is 51.7 Å². The van der Waals surface area contributed by atoms with Crippen LogP contribution in [0.5, 0.6) is 0 Å². The van der Waals surface area contributed by atoms with Crippen LogP contribution in [0.15, 0.2) is 18.2 Å². The first-order chi connectivity index (χ1) is 9.55. The highest BCUT2D eigenvalue weighted by Crippen LogP contribution is 2.36. The van der Waals surface area contributed by atoms with E-state index in [9.17, 15) is 9.18 Å². The molecule has 1 aliphatic heterocycles. The number of amides is 1. The van der Waals surface area contributed by atoms with Gasteiger partial charge in [-0.1, -0.05) is 12.1 Å².